The number of rotatable bonds is 3. The number of carboxylic acid groups (broad SMARTS) is 1. The number of hydrogen-bond donors (Lipinski definition) is 1. The SMILES string of the molecule is O=C(O)c1cc(F)c(F)cc1N1CC(CBr)CC1=O. The third-order valence-corrected chi connectivity index (χ3v) is 3.90. The lowest BCUT2D eigenvalue weighted by molar-refractivity contribution is -0.117. The van der Waals surface area contributed by atoms with E-state index in [0.29, 0.717) is 11.4 Å². The number of carboxylic acids is 1. The number of benzene rings is 1. The van der Waals surface area contributed by atoms with Gasteiger partial charge in [0, 0.05) is 24.4 Å². The van der Waals surface area contributed by atoms with Crippen LogP contribution in [0.2, 0.25) is 0 Å². The molecule has 19 heavy (non-hydrogen) atoms. The molecule has 2 rings (SSSR count). The Labute approximate surface area is 116 Å². The minimum absolute atomic E-state index is 0.0299. The zero-order valence-electron chi connectivity index (χ0n) is 9.70. The number of aromatic carboxylic acids is 1. The Morgan fingerprint density at radius 1 is 1.42 bits per heavy atom. The third kappa shape index (κ3) is 2.60. The molecule has 0 aromatic heterocycles. The molecule has 7 heteroatoms. The molecule has 1 aliphatic heterocycles. The molecular weight excluding hydrogens is 324 g/mol. The van der Waals surface area contributed by atoms with Crippen LogP contribution in [-0.4, -0.2) is 28.9 Å². The van der Waals surface area contributed by atoms with Crippen LogP contribution in [0.4, 0.5) is 14.5 Å². The van der Waals surface area contributed by atoms with Crippen LogP contribution in [0.3, 0.4) is 0 Å². The highest BCUT2D eigenvalue weighted by Crippen LogP contribution is 2.30. The molecule has 1 aliphatic rings. The summed E-state index contributed by atoms with van der Waals surface area (Å²) in [5.74, 6) is -4.08. The first-order chi connectivity index (χ1) is 8.93. The van der Waals surface area contributed by atoms with Crippen LogP contribution in [-0.2, 0) is 4.79 Å². The van der Waals surface area contributed by atoms with Gasteiger partial charge in [-0.2, -0.15) is 0 Å². The Morgan fingerprint density at radius 2 is 2.05 bits per heavy atom. The lowest BCUT2D eigenvalue weighted by atomic mass is 10.1. The molecule has 1 heterocycles. The maximum atomic E-state index is 13.3. The minimum atomic E-state index is -1.40. The van der Waals surface area contributed by atoms with Crippen molar-refractivity contribution in [2.75, 3.05) is 16.8 Å². The van der Waals surface area contributed by atoms with E-state index in [1.807, 2.05) is 0 Å². The van der Waals surface area contributed by atoms with Crippen molar-refractivity contribution in [3.05, 3.63) is 29.3 Å². The summed E-state index contributed by atoms with van der Waals surface area (Å²) in [6, 6.07) is 1.36. The number of nitrogens with zero attached hydrogens (tertiary/aromatic N) is 1. The van der Waals surface area contributed by atoms with Gasteiger partial charge < -0.3 is 10.0 Å². The Balaban J connectivity index is 2.47. The fraction of sp³-hybridized carbons (Fsp3) is 0.333. The smallest absolute Gasteiger partial charge is 0.337 e. The summed E-state index contributed by atoms with van der Waals surface area (Å²) < 4.78 is 26.4. The van der Waals surface area contributed by atoms with E-state index in [9.17, 15) is 18.4 Å². The number of amides is 1. The van der Waals surface area contributed by atoms with Gasteiger partial charge in [-0.05, 0) is 12.0 Å². The molecular formula is C12H10BrF2NO3. The van der Waals surface area contributed by atoms with Gasteiger partial charge in [0.1, 0.15) is 0 Å². The standard InChI is InChI=1S/C12H10BrF2NO3/c13-4-6-1-11(17)16(5-6)10-3-9(15)8(14)2-7(10)12(18)19/h2-3,6H,1,4-5H2,(H,18,19). The maximum absolute atomic E-state index is 13.3. The first-order valence-electron chi connectivity index (χ1n) is 5.52. The Morgan fingerprint density at radius 3 is 2.58 bits per heavy atom. The number of carbonyl (C=O) groups is 2. The zero-order chi connectivity index (χ0) is 14.2. The van der Waals surface area contributed by atoms with Crippen LogP contribution in [0.15, 0.2) is 12.1 Å². The van der Waals surface area contributed by atoms with E-state index < -0.39 is 23.2 Å². The second-order valence-corrected chi connectivity index (χ2v) is 4.96. The van der Waals surface area contributed by atoms with E-state index in [2.05, 4.69) is 15.9 Å². The van der Waals surface area contributed by atoms with Crippen LogP contribution in [0, 0.1) is 17.6 Å². The van der Waals surface area contributed by atoms with Crippen molar-refractivity contribution in [2.45, 2.75) is 6.42 Å². The summed E-state index contributed by atoms with van der Waals surface area (Å²) in [5, 5.41) is 9.60. The van der Waals surface area contributed by atoms with Crippen molar-refractivity contribution in [1.29, 1.82) is 0 Å². The van der Waals surface area contributed by atoms with Crippen LogP contribution in [0.5, 0.6) is 0 Å². The number of alkyl halides is 1. The highest BCUT2D eigenvalue weighted by atomic mass is 79.9. The summed E-state index contributed by atoms with van der Waals surface area (Å²) in [6.07, 6.45) is 0.253. The van der Waals surface area contributed by atoms with Crippen LogP contribution in [0.1, 0.15) is 16.8 Å². The summed E-state index contributed by atoms with van der Waals surface area (Å²) in [7, 11) is 0. The largest absolute Gasteiger partial charge is 0.478 e. The Hall–Kier alpha value is -1.50. The van der Waals surface area contributed by atoms with Crippen molar-refractivity contribution in [3.63, 3.8) is 0 Å². The molecule has 1 saturated heterocycles. The molecule has 0 aliphatic carbocycles. The lowest BCUT2D eigenvalue weighted by Gasteiger charge is -2.19. The lowest BCUT2D eigenvalue weighted by Crippen LogP contribution is -2.27. The Bertz CT molecular complexity index is 550. The summed E-state index contributed by atoms with van der Waals surface area (Å²) in [4.78, 5) is 24.1. The van der Waals surface area contributed by atoms with Gasteiger partial charge in [-0.3, -0.25) is 4.79 Å². The molecule has 1 aromatic rings. The fourth-order valence-corrected chi connectivity index (χ4v) is 2.48. The van der Waals surface area contributed by atoms with Gasteiger partial charge in [-0.25, -0.2) is 13.6 Å². The van der Waals surface area contributed by atoms with E-state index in [4.69, 9.17) is 5.11 Å². The van der Waals surface area contributed by atoms with Gasteiger partial charge in [0.2, 0.25) is 5.91 Å². The van der Waals surface area contributed by atoms with Gasteiger partial charge in [0.15, 0.2) is 11.6 Å². The minimum Gasteiger partial charge on any atom is -0.478 e. The molecule has 1 atom stereocenters. The molecule has 0 radical (unpaired) electrons. The van der Waals surface area contributed by atoms with Crippen molar-refractivity contribution in [3.8, 4) is 0 Å². The Kier molecular flexibility index (Phi) is 3.84. The van der Waals surface area contributed by atoms with Gasteiger partial charge in [-0.15, -0.1) is 0 Å². The molecule has 1 fully saturated rings. The van der Waals surface area contributed by atoms with Crippen molar-refractivity contribution >= 4 is 33.5 Å². The predicted octanol–water partition coefficient (Wildman–Crippen LogP) is 2.41. The summed E-state index contributed by atoms with van der Waals surface area (Å²) in [5.41, 5.74) is -0.512. The normalized spacial score (nSPS) is 19.0. The third-order valence-electron chi connectivity index (χ3n) is 2.98. The van der Waals surface area contributed by atoms with Crippen molar-refractivity contribution in [2.24, 2.45) is 5.92 Å². The van der Waals surface area contributed by atoms with Crippen molar-refractivity contribution < 1.29 is 23.5 Å². The first-order valence-corrected chi connectivity index (χ1v) is 6.64. The number of hydrogen-bond acceptors (Lipinski definition) is 2. The van der Waals surface area contributed by atoms with E-state index in [1.165, 1.54) is 4.90 Å². The average Bonchev–Trinajstić information content (AvgIpc) is 2.73. The summed E-state index contributed by atoms with van der Waals surface area (Å²) in [6.45, 7) is 0.287. The molecule has 0 spiro atoms. The van der Waals surface area contributed by atoms with Gasteiger partial charge >= 0.3 is 5.97 Å². The molecule has 1 amide bonds. The summed E-state index contributed by atoms with van der Waals surface area (Å²) >= 11 is 3.25. The van der Waals surface area contributed by atoms with Gasteiger partial charge in [-0.1, -0.05) is 15.9 Å². The van der Waals surface area contributed by atoms with Gasteiger partial charge in [0.05, 0.1) is 11.3 Å². The van der Waals surface area contributed by atoms with E-state index in [1.54, 1.807) is 0 Å². The quantitative estimate of drug-likeness (QED) is 0.864. The predicted molar refractivity (Wildman–Crippen MR) is 67.6 cm³/mol. The van der Waals surface area contributed by atoms with E-state index in [0.717, 1.165) is 6.07 Å². The molecule has 1 aromatic carbocycles. The molecule has 1 N–H and O–H groups in total. The number of halogens is 3. The fourth-order valence-electron chi connectivity index (χ4n) is 2.05. The van der Waals surface area contributed by atoms with E-state index >= 15 is 0 Å². The second kappa shape index (κ2) is 5.24. The second-order valence-electron chi connectivity index (χ2n) is 4.32. The molecule has 0 saturated carbocycles. The topological polar surface area (TPSA) is 57.6 Å². The average molecular weight is 334 g/mol. The van der Waals surface area contributed by atoms with E-state index in [-0.39, 0.29) is 30.5 Å². The molecule has 102 valence electrons. The van der Waals surface area contributed by atoms with Crippen molar-refractivity contribution in [1.82, 2.24) is 0 Å². The highest BCUT2D eigenvalue weighted by Gasteiger charge is 2.32. The van der Waals surface area contributed by atoms with Crippen LogP contribution in [0.25, 0.3) is 0 Å². The van der Waals surface area contributed by atoms with Gasteiger partial charge in [0.25, 0.3) is 0 Å². The number of anilines is 1. The maximum Gasteiger partial charge on any atom is 0.337 e. The van der Waals surface area contributed by atoms with Crippen LogP contribution < -0.4 is 4.90 Å². The highest BCUT2D eigenvalue weighted by molar-refractivity contribution is 9.09. The number of carbonyl (C=O) groups excluding carboxylic acids is 1. The first kappa shape index (κ1) is 13.9. The van der Waals surface area contributed by atoms with Crippen LogP contribution >= 0.6 is 15.9 Å². The zero-order valence-corrected chi connectivity index (χ0v) is 11.3. The molecule has 1 unspecified atom stereocenters. The molecule has 4 nitrogen and oxygen atoms in total. The monoisotopic (exact) mass is 333 g/mol. The molecule has 0 bridgehead atoms.